The molecule has 206 valence electrons. The summed E-state index contributed by atoms with van der Waals surface area (Å²) in [6.07, 6.45) is -2.64. The van der Waals surface area contributed by atoms with Crippen LogP contribution in [0, 0.1) is 34.5 Å². The molecule has 1 saturated carbocycles. The number of amides is 4. The number of carbonyl (C=O) groups excluding carboxylic acids is 4. The van der Waals surface area contributed by atoms with Crippen LogP contribution in [-0.4, -0.2) is 64.9 Å². The maximum Gasteiger partial charge on any atom is 0.471 e. The van der Waals surface area contributed by atoms with Crippen LogP contribution in [0.25, 0.3) is 0 Å². The van der Waals surface area contributed by atoms with E-state index in [0.717, 1.165) is 12.8 Å². The third kappa shape index (κ3) is 6.93. The largest absolute Gasteiger partial charge is 0.471 e. The molecule has 9 nitrogen and oxygen atoms in total. The topological polar surface area (TPSA) is 131 Å². The van der Waals surface area contributed by atoms with E-state index in [1.807, 2.05) is 25.2 Å². The Bertz CT molecular complexity index is 984. The molecule has 1 aliphatic carbocycles. The summed E-state index contributed by atoms with van der Waals surface area (Å²) in [6, 6.07) is -1.45. The second-order valence-corrected chi connectivity index (χ2v) is 12.3. The lowest BCUT2D eigenvalue weighted by atomic mass is 9.83. The number of nitrogens with one attached hydrogen (secondary N) is 3. The Kier molecular flexibility index (Phi) is 7.87. The van der Waals surface area contributed by atoms with E-state index in [-0.39, 0.29) is 36.2 Å². The van der Waals surface area contributed by atoms with E-state index >= 15 is 0 Å². The second-order valence-electron chi connectivity index (χ2n) is 12.3. The Morgan fingerprint density at radius 1 is 1.16 bits per heavy atom. The molecule has 2 saturated heterocycles. The molecular formula is C25H36F3N5O4. The van der Waals surface area contributed by atoms with Crippen LogP contribution >= 0.6 is 0 Å². The second kappa shape index (κ2) is 10.1. The van der Waals surface area contributed by atoms with Crippen LogP contribution in [0.3, 0.4) is 0 Å². The molecule has 3 aliphatic rings. The summed E-state index contributed by atoms with van der Waals surface area (Å²) >= 11 is 0. The summed E-state index contributed by atoms with van der Waals surface area (Å²) in [6.45, 7) is 8.61. The molecule has 0 aromatic rings. The van der Waals surface area contributed by atoms with E-state index in [1.165, 1.54) is 25.7 Å². The molecule has 5 unspecified atom stereocenters. The first kappa shape index (κ1) is 28.7. The zero-order valence-corrected chi connectivity index (χ0v) is 21.9. The molecule has 3 fully saturated rings. The van der Waals surface area contributed by atoms with Crippen molar-refractivity contribution < 1.29 is 32.3 Å². The van der Waals surface area contributed by atoms with Gasteiger partial charge in [0.05, 0.1) is 6.07 Å². The first-order valence-corrected chi connectivity index (χ1v) is 12.6. The van der Waals surface area contributed by atoms with Crippen molar-refractivity contribution >= 4 is 23.6 Å². The molecule has 12 heteroatoms. The maximum atomic E-state index is 13.5. The van der Waals surface area contributed by atoms with Gasteiger partial charge in [-0.15, -0.1) is 0 Å². The zero-order valence-electron chi connectivity index (χ0n) is 21.9. The summed E-state index contributed by atoms with van der Waals surface area (Å²) in [5, 5.41) is 17.0. The number of hydrogen-bond donors (Lipinski definition) is 3. The number of nitriles is 1. The highest BCUT2D eigenvalue weighted by Crippen LogP contribution is 2.47. The van der Waals surface area contributed by atoms with Crippen molar-refractivity contribution in [2.45, 2.75) is 96.6 Å². The molecule has 0 bridgehead atoms. The van der Waals surface area contributed by atoms with Gasteiger partial charge >= 0.3 is 12.1 Å². The van der Waals surface area contributed by atoms with Gasteiger partial charge in [0.1, 0.15) is 18.1 Å². The Balaban J connectivity index is 1.74. The first-order chi connectivity index (χ1) is 16.9. The monoisotopic (exact) mass is 527 g/mol. The lowest BCUT2D eigenvalue weighted by molar-refractivity contribution is -0.176. The highest BCUT2D eigenvalue weighted by Gasteiger charge is 2.52. The van der Waals surface area contributed by atoms with Gasteiger partial charge in [0.25, 0.3) is 0 Å². The van der Waals surface area contributed by atoms with Gasteiger partial charge < -0.3 is 20.9 Å². The molecule has 2 aliphatic heterocycles. The standard InChI is InChI=1S/C25H36F3N5O4/c1-23(2,3)18(31-22(37)25(26,27)28)21(36)33-12-15-8-14(15)10-17(33)20(35)30-16(11-29)9-13-6-7-24(4,5)32-19(13)34/h13-18H,6-10,12H2,1-5H3,(H,30,35)(H,31,37)(H,32,34)/t13?,14?,15?,16?,17?,18-/m1/s1. The van der Waals surface area contributed by atoms with E-state index in [4.69, 9.17) is 0 Å². The van der Waals surface area contributed by atoms with Gasteiger partial charge in [-0.25, -0.2) is 0 Å². The number of halogens is 3. The number of nitrogens with zero attached hydrogens (tertiary/aromatic N) is 2. The van der Waals surface area contributed by atoms with Crippen LogP contribution in [0.5, 0.6) is 0 Å². The number of rotatable bonds is 6. The van der Waals surface area contributed by atoms with Crippen molar-refractivity contribution in [3.63, 3.8) is 0 Å². The normalized spacial score (nSPS) is 28.6. The quantitative estimate of drug-likeness (QED) is 0.486. The lowest BCUT2D eigenvalue weighted by Gasteiger charge is -2.40. The third-order valence-corrected chi connectivity index (χ3v) is 7.58. The fraction of sp³-hybridized carbons (Fsp3) is 0.800. The number of likely N-dealkylation sites (tertiary alicyclic amines) is 1. The van der Waals surface area contributed by atoms with Crippen LogP contribution in [-0.2, 0) is 19.2 Å². The molecule has 37 heavy (non-hydrogen) atoms. The van der Waals surface area contributed by atoms with E-state index in [1.54, 1.807) is 0 Å². The summed E-state index contributed by atoms with van der Waals surface area (Å²) < 4.78 is 38.9. The minimum absolute atomic E-state index is 0.114. The van der Waals surface area contributed by atoms with Crippen LogP contribution in [0.15, 0.2) is 0 Å². The van der Waals surface area contributed by atoms with Gasteiger partial charge in [-0.3, -0.25) is 19.2 Å². The molecule has 4 amide bonds. The minimum atomic E-state index is -5.16. The van der Waals surface area contributed by atoms with Crippen LogP contribution < -0.4 is 16.0 Å². The van der Waals surface area contributed by atoms with Crippen LogP contribution in [0.1, 0.15) is 66.7 Å². The molecule has 0 aromatic heterocycles. The highest BCUT2D eigenvalue weighted by molar-refractivity contribution is 5.94. The molecule has 6 atom stereocenters. The van der Waals surface area contributed by atoms with Crippen molar-refractivity contribution in [3.05, 3.63) is 0 Å². The van der Waals surface area contributed by atoms with Gasteiger partial charge in [0.2, 0.25) is 17.7 Å². The summed E-state index contributed by atoms with van der Waals surface area (Å²) in [5.41, 5.74) is -1.40. The van der Waals surface area contributed by atoms with E-state index in [9.17, 15) is 37.6 Å². The average Bonchev–Trinajstić information content (AvgIpc) is 3.53. The summed E-state index contributed by atoms with van der Waals surface area (Å²) in [4.78, 5) is 52.2. The fourth-order valence-electron chi connectivity index (χ4n) is 5.22. The summed E-state index contributed by atoms with van der Waals surface area (Å²) in [5.74, 6) is -3.85. The van der Waals surface area contributed by atoms with Crippen LogP contribution in [0.2, 0.25) is 0 Å². The molecular weight excluding hydrogens is 491 g/mol. The molecule has 3 rings (SSSR count). The highest BCUT2D eigenvalue weighted by atomic mass is 19.4. The summed E-state index contributed by atoms with van der Waals surface area (Å²) in [7, 11) is 0. The Labute approximate surface area is 214 Å². The van der Waals surface area contributed by atoms with Crippen molar-refractivity contribution in [1.82, 2.24) is 20.9 Å². The smallest absolute Gasteiger partial charge is 0.351 e. The number of hydrogen-bond acceptors (Lipinski definition) is 5. The molecule has 3 N–H and O–H groups in total. The predicted octanol–water partition coefficient (Wildman–Crippen LogP) is 2.02. The van der Waals surface area contributed by atoms with Gasteiger partial charge in [-0.1, -0.05) is 20.8 Å². The number of alkyl halides is 3. The predicted molar refractivity (Wildman–Crippen MR) is 126 cm³/mol. The number of fused-ring (bicyclic) bond motifs is 1. The van der Waals surface area contributed by atoms with Crippen molar-refractivity contribution in [2.24, 2.45) is 23.2 Å². The molecule has 0 spiro atoms. The number of piperidine rings is 2. The Hall–Kier alpha value is -2.84. The molecule has 0 radical (unpaired) electrons. The maximum absolute atomic E-state index is 13.5. The van der Waals surface area contributed by atoms with Gasteiger partial charge in [0.15, 0.2) is 0 Å². The number of carbonyl (C=O) groups is 4. The van der Waals surface area contributed by atoms with E-state index in [2.05, 4.69) is 10.6 Å². The Morgan fingerprint density at radius 3 is 2.35 bits per heavy atom. The van der Waals surface area contributed by atoms with Crippen molar-refractivity contribution in [2.75, 3.05) is 6.54 Å². The third-order valence-electron chi connectivity index (χ3n) is 7.58. The van der Waals surface area contributed by atoms with Crippen LogP contribution in [0.4, 0.5) is 13.2 Å². The minimum Gasteiger partial charge on any atom is -0.351 e. The molecule has 0 aromatic carbocycles. The van der Waals surface area contributed by atoms with Gasteiger partial charge in [-0.2, -0.15) is 18.4 Å². The SMILES string of the molecule is CC1(C)CCC(CC(C#N)NC(=O)C2CC3CC3CN2C(=O)[C@@H](NC(=O)C(F)(F)F)C(C)(C)C)C(=O)N1. The van der Waals surface area contributed by atoms with Crippen molar-refractivity contribution in [3.8, 4) is 6.07 Å². The fourth-order valence-corrected chi connectivity index (χ4v) is 5.22. The van der Waals surface area contributed by atoms with Gasteiger partial charge in [-0.05, 0) is 63.2 Å². The van der Waals surface area contributed by atoms with Crippen molar-refractivity contribution in [1.29, 1.82) is 5.26 Å². The lowest BCUT2D eigenvalue weighted by Crippen LogP contribution is -2.62. The average molecular weight is 528 g/mol. The molecule has 2 heterocycles. The zero-order chi connectivity index (χ0) is 27.9. The Morgan fingerprint density at radius 2 is 1.81 bits per heavy atom. The van der Waals surface area contributed by atoms with Gasteiger partial charge in [0, 0.05) is 18.0 Å². The van der Waals surface area contributed by atoms with E-state index in [0.29, 0.717) is 12.8 Å². The van der Waals surface area contributed by atoms with E-state index < -0.39 is 53.4 Å². The first-order valence-electron chi connectivity index (χ1n) is 12.6.